The monoisotopic (exact) mass is 220 g/mol. The Morgan fingerprint density at radius 3 is 2.75 bits per heavy atom. The molecule has 1 amide bonds. The number of rotatable bonds is 3. The number of nitrogens with one attached hydrogen (secondary N) is 1. The Kier molecular flexibility index (Phi) is 3.72. The maximum Gasteiger partial charge on any atom is 0.238 e. The number of nitriles is 1. The molecule has 5 heteroatoms. The molecule has 0 fully saturated rings. The largest absolute Gasteiger partial charge is 0.322 e. The zero-order chi connectivity index (χ0) is 12.1. The zero-order valence-electron chi connectivity index (χ0n) is 8.58. The number of amides is 1. The number of benzene rings is 1. The Balaban J connectivity index is 3.07. The van der Waals surface area contributed by atoms with E-state index in [1.165, 1.54) is 19.1 Å². The molecule has 1 N–H and O–H groups in total. The number of carbonyl (C=O) groups is 2. The van der Waals surface area contributed by atoms with Crippen molar-refractivity contribution in [3.05, 3.63) is 29.6 Å². The van der Waals surface area contributed by atoms with Gasteiger partial charge in [-0.05, 0) is 19.1 Å². The average Bonchev–Trinajstić information content (AvgIpc) is 2.21. The van der Waals surface area contributed by atoms with Crippen LogP contribution in [0.15, 0.2) is 18.2 Å². The summed E-state index contributed by atoms with van der Waals surface area (Å²) in [5, 5.41) is 10.5. The third-order valence-electron chi connectivity index (χ3n) is 1.90. The summed E-state index contributed by atoms with van der Waals surface area (Å²) in [6, 6.07) is 5.56. The topological polar surface area (TPSA) is 70.0 Å². The van der Waals surface area contributed by atoms with E-state index in [2.05, 4.69) is 5.32 Å². The lowest BCUT2D eigenvalue weighted by Crippen LogP contribution is -2.14. The van der Waals surface area contributed by atoms with Gasteiger partial charge in [-0.3, -0.25) is 9.59 Å². The lowest BCUT2D eigenvalue weighted by Gasteiger charge is -2.08. The number of hydrogen-bond acceptors (Lipinski definition) is 3. The molecule has 0 saturated carbocycles. The second-order valence-corrected chi connectivity index (χ2v) is 3.10. The summed E-state index contributed by atoms with van der Waals surface area (Å²) >= 11 is 0. The van der Waals surface area contributed by atoms with Gasteiger partial charge in [0.15, 0.2) is 5.78 Å². The van der Waals surface area contributed by atoms with Gasteiger partial charge < -0.3 is 5.32 Å². The predicted octanol–water partition coefficient (Wildman–Crippen LogP) is 1.88. The molecular weight excluding hydrogens is 211 g/mol. The van der Waals surface area contributed by atoms with E-state index in [1.807, 2.05) is 0 Å². The first-order valence-corrected chi connectivity index (χ1v) is 4.52. The number of halogens is 1. The summed E-state index contributed by atoms with van der Waals surface area (Å²) in [6.07, 6.45) is -0.383. The standard InChI is InChI=1S/C11H9FN2O2/c1-7(15)8-3-2-4-9(12)11(8)14-10(16)5-6-13/h2-4H,5H2,1H3,(H,14,16). The summed E-state index contributed by atoms with van der Waals surface area (Å²) < 4.78 is 13.4. The van der Waals surface area contributed by atoms with Gasteiger partial charge in [0, 0.05) is 5.56 Å². The maximum atomic E-state index is 13.4. The molecule has 0 radical (unpaired) electrons. The first kappa shape index (κ1) is 11.9. The number of anilines is 1. The molecule has 0 spiro atoms. The van der Waals surface area contributed by atoms with Crippen molar-refractivity contribution in [3.63, 3.8) is 0 Å². The average molecular weight is 220 g/mol. The van der Waals surface area contributed by atoms with Gasteiger partial charge in [0.1, 0.15) is 12.2 Å². The van der Waals surface area contributed by atoms with Crippen LogP contribution in [-0.4, -0.2) is 11.7 Å². The molecule has 16 heavy (non-hydrogen) atoms. The van der Waals surface area contributed by atoms with Gasteiger partial charge in [0.05, 0.1) is 11.8 Å². The molecule has 0 aliphatic heterocycles. The van der Waals surface area contributed by atoms with Crippen molar-refractivity contribution in [2.24, 2.45) is 0 Å². The van der Waals surface area contributed by atoms with Gasteiger partial charge in [-0.15, -0.1) is 0 Å². The van der Waals surface area contributed by atoms with Crippen LogP contribution in [0.25, 0.3) is 0 Å². The first-order valence-electron chi connectivity index (χ1n) is 4.52. The van der Waals surface area contributed by atoms with E-state index in [9.17, 15) is 14.0 Å². The number of Topliss-reactive ketones (excluding diaryl/α,β-unsaturated/α-hetero) is 1. The normalized spacial score (nSPS) is 9.31. The minimum atomic E-state index is -0.695. The Morgan fingerprint density at radius 1 is 1.50 bits per heavy atom. The third-order valence-corrected chi connectivity index (χ3v) is 1.90. The molecule has 0 atom stereocenters. The number of hydrogen-bond donors (Lipinski definition) is 1. The number of ketones is 1. The highest BCUT2D eigenvalue weighted by atomic mass is 19.1. The van der Waals surface area contributed by atoms with Crippen LogP contribution in [0.4, 0.5) is 10.1 Å². The molecule has 0 aliphatic carbocycles. The summed E-state index contributed by atoms with van der Waals surface area (Å²) in [5.74, 6) is -1.69. The highest BCUT2D eigenvalue weighted by Gasteiger charge is 2.14. The van der Waals surface area contributed by atoms with Crippen LogP contribution < -0.4 is 5.32 Å². The van der Waals surface area contributed by atoms with Crippen LogP contribution >= 0.6 is 0 Å². The summed E-state index contributed by atoms with van der Waals surface area (Å²) in [7, 11) is 0. The Bertz CT molecular complexity index is 477. The van der Waals surface area contributed by atoms with Crippen LogP contribution in [0.5, 0.6) is 0 Å². The third kappa shape index (κ3) is 2.64. The lowest BCUT2D eigenvalue weighted by atomic mass is 10.1. The summed E-state index contributed by atoms with van der Waals surface area (Å²) in [6.45, 7) is 1.27. The Morgan fingerprint density at radius 2 is 2.19 bits per heavy atom. The van der Waals surface area contributed by atoms with Gasteiger partial charge in [-0.1, -0.05) is 6.07 Å². The smallest absolute Gasteiger partial charge is 0.238 e. The van der Waals surface area contributed by atoms with Gasteiger partial charge >= 0.3 is 0 Å². The van der Waals surface area contributed by atoms with Crippen molar-refractivity contribution in [3.8, 4) is 6.07 Å². The highest BCUT2D eigenvalue weighted by Crippen LogP contribution is 2.20. The van der Waals surface area contributed by atoms with Crippen LogP contribution in [-0.2, 0) is 4.79 Å². The molecule has 82 valence electrons. The molecule has 0 aliphatic rings. The molecule has 1 aromatic carbocycles. The van der Waals surface area contributed by atoms with E-state index in [0.717, 1.165) is 6.07 Å². The molecule has 0 bridgehead atoms. The quantitative estimate of drug-likeness (QED) is 0.790. The molecule has 0 heterocycles. The fourth-order valence-corrected chi connectivity index (χ4v) is 1.20. The van der Waals surface area contributed by atoms with E-state index < -0.39 is 11.7 Å². The van der Waals surface area contributed by atoms with E-state index >= 15 is 0 Å². The minimum Gasteiger partial charge on any atom is -0.322 e. The van der Waals surface area contributed by atoms with E-state index in [4.69, 9.17) is 5.26 Å². The summed E-state index contributed by atoms with van der Waals surface area (Å²) in [5.41, 5.74) is -0.0819. The molecule has 4 nitrogen and oxygen atoms in total. The van der Waals surface area contributed by atoms with Gasteiger partial charge in [-0.2, -0.15) is 5.26 Å². The summed E-state index contributed by atoms with van der Waals surface area (Å²) in [4.78, 5) is 22.3. The van der Waals surface area contributed by atoms with Crippen LogP contribution in [0, 0.1) is 17.1 Å². The zero-order valence-corrected chi connectivity index (χ0v) is 8.58. The Labute approximate surface area is 91.7 Å². The van der Waals surface area contributed by atoms with Crippen LogP contribution in [0.1, 0.15) is 23.7 Å². The Hall–Kier alpha value is -2.22. The fraction of sp³-hybridized carbons (Fsp3) is 0.182. The van der Waals surface area contributed by atoms with Crippen molar-refractivity contribution in [2.75, 3.05) is 5.32 Å². The molecule has 1 aromatic rings. The van der Waals surface area contributed by atoms with Gasteiger partial charge in [0.25, 0.3) is 0 Å². The molecule has 0 aromatic heterocycles. The van der Waals surface area contributed by atoms with Crippen molar-refractivity contribution in [1.82, 2.24) is 0 Å². The second-order valence-electron chi connectivity index (χ2n) is 3.10. The number of carbonyl (C=O) groups excluding carboxylic acids is 2. The first-order chi connectivity index (χ1) is 7.56. The van der Waals surface area contributed by atoms with Gasteiger partial charge in [0.2, 0.25) is 5.91 Å². The second kappa shape index (κ2) is 5.03. The van der Waals surface area contributed by atoms with E-state index in [-0.39, 0.29) is 23.5 Å². The van der Waals surface area contributed by atoms with Crippen molar-refractivity contribution in [1.29, 1.82) is 5.26 Å². The number of nitrogens with zero attached hydrogens (tertiary/aromatic N) is 1. The highest BCUT2D eigenvalue weighted by molar-refractivity contribution is 6.04. The fourth-order valence-electron chi connectivity index (χ4n) is 1.20. The molecule has 0 saturated heterocycles. The maximum absolute atomic E-state index is 13.4. The molecule has 1 rings (SSSR count). The van der Waals surface area contributed by atoms with E-state index in [1.54, 1.807) is 6.07 Å². The van der Waals surface area contributed by atoms with Crippen molar-refractivity contribution < 1.29 is 14.0 Å². The molecule has 0 unspecified atom stereocenters. The van der Waals surface area contributed by atoms with Crippen molar-refractivity contribution in [2.45, 2.75) is 13.3 Å². The lowest BCUT2D eigenvalue weighted by molar-refractivity contribution is -0.115. The SMILES string of the molecule is CC(=O)c1cccc(F)c1NC(=O)CC#N. The predicted molar refractivity (Wildman–Crippen MR) is 55.3 cm³/mol. The van der Waals surface area contributed by atoms with Gasteiger partial charge in [-0.25, -0.2) is 4.39 Å². The van der Waals surface area contributed by atoms with Crippen molar-refractivity contribution >= 4 is 17.4 Å². The van der Waals surface area contributed by atoms with E-state index in [0.29, 0.717) is 0 Å². The van der Waals surface area contributed by atoms with Crippen LogP contribution in [0.3, 0.4) is 0 Å². The molecular formula is C11H9FN2O2. The van der Waals surface area contributed by atoms with Crippen LogP contribution in [0.2, 0.25) is 0 Å². The minimum absolute atomic E-state index is 0.0892. The number of para-hydroxylation sites is 1.